The van der Waals surface area contributed by atoms with E-state index in [1.54, 1.807) is 0 Å². The highest BCUT2D eigenvalue weighted by molar-refractivity contribution is 7.80. The lowest BCUT2D eigenvalue weighted by atomic mass is 10.2. The van der Waals surface area contributed by atoms with Crippen LogP contribution in [0.3, 0.4) is 0 Å². The first-order chi connectivity index (χ1) is 11.9. The Morgan fingerprint density at radius 3 is 1.52 bits per heavy atom. The average Bonchev–Trinajstić information content (AvgIpc) is 2.61. The second-order valence-electron chi connectivity index (χ2n) is 4.19. The smallest absolute Gasteiger partial charge is 0.322 e. The van der Waals surface area contributed by atoms with E-state index in [0.717, 1.165) is 35.5 Å². The summed E-state index contributed by atoms with van der Waals surface area (Å²) in [5.74, 6) is 4.49. The lowest BCUT2D eigenvalue weighted by Gasteiger charge is -1.98. The molecule has 0 radical (unpaired) electrons. The van der Waals surface area contributed by atoms with Gasteiger partial charge in [0, 0.05) is 0 Å². The molecule has 0 bridgehead atoms. The number of para-hydroxylation sites is 4. The normalized spacial score (nSPS) is 10.6. The first-order valence-electron chi connectivity index (χ1n) is 6.64. The summed E-state index contributed by atoms with van der Waals surface area (Å²) in [5, 5.41) is 5.56. The van der Waals surface area contributed by atoms with Gasteiger partial charge in [0.15, 0.2) is 6.34 Å². The zero-order valence-corrected chi connectivity index (χ0v) is 14.0. The van der Waals surface area contributed by atoms with Gasteiger partial charge in [-0.25, -0.2) is 15.5 Å². The van der Waals surface area contributed by atoms with Crippen LogP contribution in [-0.2, 0) is 14.6 Å². The topological polar surface area (TPSA) is 164 Å². The minimum absolute atomic E-state index is 0.870. The Morgan fingerprint density at radius 1 is 1.04 bits per heavy atom. The Hall–Kier alpha value is -3.02. The lowest BCUT2D eigenvalue weighted by Crippen LogP contribution is -1.96. The molecule has 0 spiro atoms. The Morgan fingerprint density at radius 2 is 1.36 bits per heavy atom. The van der Waals surface area contributed by atoms with E-state index in [9.17, 15) is 8.42 Å². The predicted octanol–water partition coefficient (Wildman–Crippen LogP) is 2.14. The van der Waals surface area contributed by atoms with Crippen LogP contribution in [0.1, 0.15) is 0 Å². The molecule has 0 atom stereocenters. The van der Waals surface area contributed by atoms with E-state index in [1.807, 2.05) is 48.5 Å². The van der Waals surface area contributed by atoms with Gasteiger partial charge in [0.2, 0.25) is 0 Å². The molecule has 11 heteroatoms. The molecule has 3 rings (SSSR count). The number of rotatable bonds is 2. The van der Waals surface area contributed by atoms with Crippen molar-refractivity contribution in [2.24, 2.45) is 16.1 Å². The molecule has 1 aromatic heterocycles. The summed E-state index contributed by atoms with van der Waals surface area (Å²) in [6.45, 7) is 0. The van der Waals surface area contributed by atoms with Gasteiger partial charge < -0.3 is 5.84 Å². The van der Waals surface area contributed by atoms with Gasteiger partial charge in [-0.15, -0.1) is 5.11 Å². The van der Waals surface area contributed by atoms with Crippen LogP contribution in [0.5, 0.6) is 0 Å². The van der Waals surface area contributed by atoms with Gasteiger partial charge in [0.05, 0.1) is 29.2 Å². The van der Waals surface area contributed by atoms with Crippen molar-refractivity contribution in [1.29, 1.82) is 5.53 Å². The Balaban J connectivity index is 0.000000240. The molecule has 0 aliphatic rings. The number of hydrazone groups is 1. The van der Waals surface area contributed by atoms with E-state index in [-0.39, 0.29) is 0 Å². The highest BCUT2D eigenvalue weighted by atomic mass is 32.3. The van der Waals surface area contributed by atoms with E-state index in [0.29, 0.717) is 0 Å². The number of hydrogen-bond donors (Lipinski definition) is 3. The summed E-state index contributed by atoms with van der Waals surface area (Å²) in [5.41, 5.74) is 9.80. The second-order valence-corrected chi connectivity index (χ2v) is 5.38. The highest BCUT2D eigenvalue weighted by Gasteiger charge is 1.98. The van der Waals surface area contributed by atoms with Crippen LogP contribution < -0.4 is 5.84 Å². The average molecular weight is 364 g/mol. The Bertz CT molecular complexity index is 857. The third-order valence-corrected chi connectivity index (χ3v) is 3.00. The van der Waals surface area contributed by atoms with Crippen molar-refractivity contribution in [2.75, 3.05) is 7.11 Å². The maximum atomic E-state index is 9.33. The molecule has 0 saturated carbocycles. The van der Waals surface area contributed by atoms with Crippen molar-refractivity contribution in [2.45, 2.75) is 0 Å². The van der Waals surface area contributed by atoms with Gasteiger partial charge in [-0.05, 0) is 24.3 Å². The van der Waals surface area contributed by atoms with Crippen molar-refractivity contribution in [1.82, 2.24) is 9.97 Å². The van der Waals surface area contributed by atoms with Crippen LogP contribution >= 0.6 is 0 Å². The van der Waals surface area contributed by atoms with Crippen molar-refractivity contribution < 1.29 is 17.2 Å². The van der Waals surface area contributed by atoms with Crippen LogP contribution in [0, 0.1) is 5.53 Å². The summed E-state index contributed by atoms with van der Waals surface area (Å²) in [7, 11) is -3.29. The van der Waals surface area contributed by atoms with Crippen LogP contribution in [0.2, 0.25) is 0 Å². The van der Waals surface area contributed by atoms with Crippen molar-refractivity contribution in [3.63, 3.8) is 0 Å². The van der Waals surface area contributed by atoms with Gasteiger partial charge in [0.1, 0.15) is 0 Å². The minimum Gasteiger partial charge on any atom is -0.322 e. The molecule has 3 aromatic rings. The summed E-state index contributed by atoms with van der Waals surface area (Å²) in [6.07, 6.45) is 0.944. The molecular weight excluding hydrogens is 348 g/mol. The molecule has 0 unspecified atom stereocenters. The van der Waals surface area contributed by atoms with E-state index >= 15 is 0 Å². The van der Waals surface area contributed by atoms with Crippen molar-refractivity contribution >= 4 is 38.8 Å². The molecule has 1 heterocycles. The van der Waals surface area contributed by atoms with Crippen LogP contribution in [-0.4, -0.2) is 36.4 Å². The molecule has 0 aliphatic heterocycles. The number of nitrogens with zero attached hydrogens (tertiary/aromatic N) is 4. The summed E-state index contributed by atoms with van der Waals surface area (Å²) >= 11 is 0. The van der Waals surface area contributed by atoms with E-state index in [2.05, 4.69) is 30.2 Å². The number of benzene rings is 2. The summed E-state index contributed by atoms with van der Waals surface area (Å²) in [6, 6.07) is 15.8. The molecule has 0 amide bonds. The summed E-state index contributed by atoms with van der Waals surface area (Å²) in [4.78, 5) is 9.03. The quantitative estimate of drug-likeness (QED) is 0.119. The number of fused-ring (bicyclic) bond motifs is 2. The standard InChI is InChI=1S/C12H8N2.CH4N4.CH4O4S/c1-2-6-10-9(5-1)13-11-7-3-4-8-12(11)14-10;2-4-1-5-3;1-5-6(2,3)4/h1-8H;1-2H,3H2;1H3,(H,2,3,4). The lowest BCUT2D eigenvalue weighted by molar-refractivity contribution is 0.324. The number of nitrogens with two attached hydrogens (primary N) is 1. The molecule has 0 saturated heterocycles. The minimum atomic E-state index is -4.16. The molecule has 4 N–H and O–H groups in total. The predicted molar refractivity (Wildman–Crippen MR) is 93.4 cm³/mol. The number of aromatic nitrogens is 2. The van der Waals surface area contributed by atoms with Crippen LogP contribution in [0.15, 0.2) is 58.7 Å². The largest absolute Gasteiger partial charge is 0.397 e. The fourth-order valence-corrected chi connectivity index (χ4v) is 1.60. The van der Waals surface area contributed by atoms with E-state index in [1.165, 1.54) is 0 Å². The van der Waals surface area contributed by atoms with Gasteiger partial charge in [-0.3, -0.25) is 8.74 Å². The monoisotopic (exact) mass is 364 g/mol. The van der Waals surface area contributed by atoms with Crippen molar-refractivity contribution in [3.8, 4) is 0 Å². The van der Waals surface area contributed by atoms with E-state index in [4.69, 9.17) is 10.1 Å². The molecular formula is C14H16N6O4S. The molecule has 10 nitrogen and oxygen atoms in total. The Kier molecular flexibility index (Phi) is 7.99. The fourth-order valence-electron chi connectivity index (χ4n) is 1.60. The molecule has 0 fully saturated rings. The molecule has 25 heavy (non-hydrogen) atoms. The van der Waals surface area contributed by atoms with Crippen LogP contribution in [0.25, 0.3) is 22.1 Å². The zero-order chi connectivity index (χ0) is 18.7. The van der Waals surface area contributed by atoms with Crippen molar-refractivity contribution in [3.05, 3.63) is 48.5 Å². The maximum absolute atomic E-state index is 9.33. The van der Waals surface area contributed by atoms with E-state index < -0.39 is 10.4 Å². The third kappa shape index (κ3) is 7.39. The van der Waals surface area contributed by atoms with Gasteiger partial charge >= 0.3 is 10.4 Å². The molecule has 0 aliphatic carbocycles. The van der Waals surface area contributed by atoms with Gasteiger partial charge in [-0.1, -0.05) is 24.3 Å². The maximum Gasteiger partial charge on any atom is 0.397 e. The first-order valence-corrected chi connectivity index (χ1v) is 8.00. The summed E-state index contributed by atoms with van der Waals surface area (Å²) < 4.78 is 29.7. The zero-order valence-electron chi connectivity index (χ0n) is 13.1. The van der Waals surface area contributed by atoms with Gasteiger partial charge in [-0.2, -0.15) is 13.5 Å². The third-order valence-electron chi connectivity index (χ3n) is 2.58. The first kappa shape index (κ1) is 20.0. The van der Waals surface area contributed by atoms with Gasteiger partial charge in [0.25, 0.3) is 0 Å². The molecule has 132 valence electrons. The fraction of sp³-hybridized carbons (Fsp3) is 0.0714. The SMILES string of the molecule is COS(=O)(=O)O.N=NC=NN.c1ccc2nc3ccccc3nc2c1. The second kappa shape index (κ2) is 9.97. The highest BCUT2D eigenvalue weighted by Crippen LogP contribution is 2.14. The molecule has 2 aromatic carbocycles. The number of hydrogen-bond acceptors (Lipinski definition) is 8. The number of nitrogens with one attached hydrogen (secondary N) is 1. The van der Waals surface area contributed by atoms with Crippen LogP contribution in [0.4, 0.5) is 0 Å². The Labute approximate surface area is 143 Å².